The quantitative estimate of drug-likeness (QED) is 0.491. The Balaban J connectivity index is 1.41. The average Bonchev–Trinajstić information content (AvgIpc) is 3.18. The predicted molar refractivity (Wildman–Crippen MR) is 113 cm³/mol. The maximum Gasteiger partial charge on any atom is 0.239 e. The molecule has 152 valence electrons. The van der Waals surface area contributed by atoms with E-state index in [9.17, 15) is 9.18 Å². The minimum Gasteiger partial charge on any atom is -0.378 e. The van der Waals surface area contributed by atoms with Crippen molar-refractivity contribution >= 4 is 28.4 Å². The van der Waals surface area contributed by atoms with E-state index in [1.807, 2.05) is 24.3 Å². The number of aromatic amines is 1. The minimum atomic E-state index is -0.799. The maximum absolute atomic E-state index is 13.1. The molecule has 0 radical (unpaired) electrons. The van der Waals surface area contributed by atoms with Gasteiger partial charge in [-0.1, -0.05) is 24.3 Å². The van der Waals surface area contributed by atoms with Gasteiger partial charge < -0.3 is 15.0 Å². The van der Waals surface area contributed by atoms with Gasteiger partial charge in [0.05, 0.1) is 25.3 Å². The van der Waals surface area contributed by atoms with Gasteiger partial charge in [-0.25, -0.2) is 19.2 Å². The van der Waals surface area contributed by atoms with Gasteiger partial charge in [-0.2, -0.15) is 0 Å². The molecule has 0 spiro atoms. The summed E-state index contributed by atoms with van der Waals surface area (Å²) in [5.41, 5.74) is 3.06. The summed E-state index contributed by atoms with van der Waals surface area (Å²) in [5, 5.41) is 2.85. The number of amides is 1. The Morgan fingerprint density at radius 3 is 2.55 bits per heavy atom. The smallest absolute Gasteiger partial charge is 0.239 e. The number of halogens is 1. The van der Waals surface area contributed by atoms with Gasteiger partial charge in [-0.05, 0) is 35.9 Å². The molecular weight excluding hydrogens is 397 g/mol. The zero-order valence-corrected chi connectivity index (χ0v) is 16.2. The van der Waals surface area contributed by atoms with Gasteiger partial charge in [0.2, 0.25) is 11.6 Å². The van der Waals surface area contributed by atoms with Crippen molar-refractivity contribution < 1.29 is 13.9 Å². The van der Waals surface area contributed by atoms with Gasteiger partial charge >= 0.3 is 0 Å². The predicted octanol–water partition coefficient (Wildman–Crippen LogP) is 4.22. The molecule has 7 nitrogen and oxygen atoms in total. The fraction of sp³-hybridized carbons (Fsp3) is 0.130. The van der Waals surface area contributed by atoms with Crippen LogP contribution in [0.1, 0.15) is 5.56 Å². The van der Waals surface area contributed by atoms with Gasteiger partial charge in [-0.15, -0.1) is 0 Å². The molecule has 31 heavy (non-hydrogen) atoms. The normalized spacial score (nSPS) is 14.6. The van der Waals surface area contributed by atoms with E-state index in [2.05, 4.69) is 25.1 Å². The van der Waals surface area contributed by atoms with Crippen molar-refractivity contribution in [3.8, 4) is 11.4 Å². The number of carbonyl (C=O) groups excluding carboxylic acids is 1. The van der Waals surface area contributed by atoms with Gasteiger partial charge in [0, 0.05) is 17.4 Å². The van der Waals surface area contributed by atoms with Crippen LogP contribution in [0.15, 0.2) is 60.8 Å². The summed E-state index contributed by atoms with van der Waals surface area (Å²) in [5.74, 6) is 0.0740. The number of rotatable bonds is 4. The van der Waals surface area contributed by atoms with Crippen LogP contribution in [0.5, 0.6) is 0 Å². The molecule has 2 N–H and O–H groups in total. The molecule has 1 fully saturated rings. The SMILES string of the molecule is [C-]#[N+]c1cnc2nc(-c3ccc(C4(C(=O)Nc5ccc(F)cc5)COC4)cc3)[nH]c2c1. The molecule has 5 rings (SSSR count). The van der Waals surface area contributed by atoms with E-state index in [4.69, 9.17) is 11.3 Å². The summed E-state index contributed by atoms with van der Waals surface area (Å²) in [6.07, 6.45) is 1.49. The lowest BCUT2D eigenvalue weighted by molar-refractivity contribution is -0.139. The van der Waals surface area contributed by atoms with Gasteiger partial charge in [0.25, 0.3) is 0 Å². The maximum atomic E-state index is 13.1. The van der Waals surface area contributed by atoms with E-state index in [-0.39, 0.29) is 24.9 Å². The van der Waals surface area contributed by atoms with Crippen LogP contribution < -0.4 is 5.32 Å². The first-order chi connectivity index (χ1) is 15.1. The topological polar surface area (TPSA) is 84.3 Å². The summed E-state index contributed by atoms with van der Waals surface area (Å²) in [6.45, 7) is 7.64. The van der Waals surface area contributed by atoms with Crippen molar-refractivity contribution in [2.75, 3.05) is 18.5 Å². The number of benzene rings is 2. The van der Waals surface area contributed by atoms with Crippen LogP contribution in [0.25, 0.3) is 27.4 Å². The second-order valence-corrected chi connectivity index (χ2v) is 7.38. The monoisotopic (exact) mass is 413 g/mol. The molecule has 2 aromatic carbocycles. The largest absolute Gasteiger partial charge is 0.378 e. The summed E-state index contributed by atoms with van der Waals surface area (Å²) in [7, 11) is 0. The molecule has 1 amide bonds. The Morgan fingerprint density at radius 2 is 1.90 bits per heavy atom. The van der Waals surface area contributed by atoms with E-state index in [0.29, 0.717) is 28.4 Å². The summed E-state index contributed by atoms with van der Waals surface area (Å²) < 4.78 is 18.5. The number of imidazole rings is 1. The number of carbonyl (C=O) groups is 1. The zero-order chi connectivity index (χ0) is 21.4. The molecule has 0 atom stereocenters. The highest BCUT2D eigenvalue weighted by Crippen LogP contribution is 2.35. The average molecular weight is 413 g/mol. The number of anilines is 1. The molecule has 1 aliphatic heterocycles. The number of fused-ring (bicyclic) bond motifs is 1. The second kappa shape index (κ2) is 7.31. The van der Waals surface area contributed by atoms with E-state index >= 15 is 0 Å². The second-order valence-electron chi connectivity index (χ2n) is 7.38. The molecule has 1 aliphatic rings. The van der Waals surface area contributed by atoms with Crippen LogP contribution in [0.3, 0.4) is 0 Å². The Hall–Kier alpha value is -4.09. The molecule has 0 aliphatic carbocycles. The zero-order valence-electron chi connectivity index (χ0n) is 16.2. The first kappa shape index (κ1) is 18.9. The first-order valence-electron chi connectivity index (χ1n) is 9.56. The third-order valence-electron chi connectivity index (χ3n) is 5.40. The molecule has 0 saturated carbocycles. The van der Waals surface area contributed by atoms with Crippen molar-refractivity contribution in [2.45, 2.75) is 5.41 Å². The minimum absolute atomic E-state index is 0.197. The lowest BCUT2D eigenvalue weighted by atomic mass is 9.77. The van der Waals surface area contributed by atoms with E-state index in [0.717, 1.165) is 11.1 Å². The third kappa shape index (κ3) is 3.31. The van der Waals surface area contributed by atoms with Crippen LogP contribution in [0.4, 0.5) is 15.8 Å². The molecular formula is C23H16FN5O2. The van der Waals surface area contributed by atoms with Crippen LogP contribution in [-0.2, 0) is 14.9 Å². The van der Waals surface area contributed by atoms with Crippen LogP contribution in [-0.4, -0.2) is 34.1 Å². The van der Waals surface area contributed by atoms with Gasteiger partial charge in [0.1, 0.15) is 17.1 Å². The fourth-order valence-electron chi connectivity index (χ4n) is 3.55. The van der Waals surface area contributed by atoms with Crippen molar-refractivity contribution in [3.05, 3.63) is 83.6 Å². The number of ether oxygens (including phenoxy) is 1. The fourth-order valence-corrected chi connectivity index (χ4v) is 3.55. The Morgan fingerprint density at radius 1 is 1.16 bits per heavy atom. The summed E-state index contributed by atoms with van der Waals surface area (Å²) in [6, 6.07) is 14.9. The molecule has 8 heteroatoms. The van der Waals surface area contributed by atoms with E-state index in [1.54, 1.807) is 6.07 Å². The number of hydrogen-bond acceptors (Lipinski definition) is 4. The number of H-pyrrole nitrogens is 1. The molecule has 0 unspecified atom stereocenters. The third-order valence-corrected chi connectivity index (χ3v) is 5.40. The molecule has 1 saturated heterocycles. The number of hydrogen-bond donors (Lipinski definition) is 2. The lowest BCUT2D eigenvalue weighted by Gasteiger charge is -2.40. The van der Waals surface area contributed by atoms with Crippen LogP contribution in [0.2, 0.25) is 0 Å². The van der Waals surface area contributed by atoms with Crippen molar-refractivity contribution in [3.63, 3.8) is 0 Å². The molecule has 0 bridgehead atoms. The number of pyridine rings is 1. The molecule has 3 heterocycles. The van der Waals surface area contributed by atoms with Crippen molar-refractivity contribution in [2.24, 2.45) is 0 Å². The highest BCUT2D eigenvalue weighted by atomic mass is 19.1. The van der Waals surface area contributed by atoms with E-state index in [1.165, 1.54) is 30.5 Å². The summed E-state index contributed by atoms with van der Waals surface area (Å²) in [4.78, 5) is 28.2. The number of nitrogens with zero attached hydrogens (tertiary/aromatic N) is 3. The van der Waals surface area contributed by atoms with Gasteiger partial charge in [0.15, 0.2) is 5.65 Å². The standard InChI is InChI=1S/C23H16FN5O2/c1-25-18-10-19-21(26-11-18)29-20(28-19)14-2-4-15(5-3-14)23(12-31-13-23)22(30)27-17-8-6-16(24)7-9-17/h2-11H,12-13H2,(H,27,30)(H,26,28,29). The Labute approximate surface area is 176 Å². The Bertz CT molecular complexity index is 1320. The van der Waals surface area contributed by atoms with Crippen molar-refractivity contribution in [1.82, 2.24) is 15.0 Å². The Kier molecular flexibility index (Phi) is 4.46. The molecule has 2 aromatic heterocycles. The first-order valence-corrected chi connectivity index (χ1v) is 9.56. The van der Waals surface area contributed by atoms with Crippen molar-refractivity contribution in [1.29, 1.82) is 0 Å². The highest BCUT2D eigenvalue weighted by Gasteiger charge is 2.47. The molecule has 4 aromatic rings. The number of nitrogens with one attached hydrogen (secondary N) is 2. The van der Waals surface area contributed by atoms with Gasteiger partial charge in [-0.3, -0.25) is 4.79 Å². The van der Waals surface area contributed by atoms with Crippen LogP contribution >= 0.6 is 0 Å². The lowest BCUT2D eigenvalue weighted by Crippen LogP contribution is -2.55. The summed E-state index contributed by atoms with van der Waals surface area (Å²) >= 11 is 0. The number of aromatic nitrogens is 3. The van der Waals surface area contributed by atoms with Crippen LogP contribution in [0, 0.1) is 12.4 Å². The van der Waals surface area contributed by atoms with E-state index < -0.39 is 5.41 Å². The highest BCUT2D eigenvalue weighted by molar-refractivity contribution is 6.00.